The highest BCUT2D eigenvalue weighted by Crippen LogP contribution is 2.41. The average Bonchev–Trinajstić information content (AvgIpc) is 3.02. The molecule has 4 rings (SSSR count). The van der Waals surface area contributed by atoms with E-state index in [4.69, 9.17) is 9.47 Å². The minimum Gasteiger partial charge on any atom is -0.496 e. The second-order valence-electron chi connectivity index (χ2n) is 8.05. The fourth-order valence-electron chi connectivity index (χ4n) is 4.67. The molecule has 1 aromatic rings. The first-order valence-corrected chi connectivity index (χ1v) is 10.2. The molecule has 28 heavy (non-hydrogen) atoms. The maximum Gasteiger partial charge on any atom is 0.312 e. The molecule has 0 aromatic heterocycles. The Labute approximate surface area is 166 Å². The van der Waals surface area contributed by atoms with Gasteiger partial charge in [0.25, 0.3) is 5.91 Å². The van der Waals surface area contributed by atoms with E-state index in [-0.39, 0.29) is 23.4 Å². The van der Waals surface area contributed by atoms with Crippen molar-refractivity contribution < 1.29 is 19.1 Å². The Hall–Kier alpha value is -2.12. The van der Waals surface area contributed by atoms with Gasteiger partial charge < -0.3 is 19.7 Å². The number of carbonyl (C=O) groups excluding carboxylic acids is 2. The van der Waals surface area contributed by atoms with Crippen LogP contribution in [-0.4, -0.2) is 80.7 Å². The maximum absolute atomic E-state index is 12.8. The summed E-state index contributed by atoms with van der Waals surface area (Å²) < 4.78 is 11.0. The van der Waals surface area contributed by atoms with Crippen molar-refractivity contribution in [2.24, 2.45) is 5.41 Å². The van der Waals surface area contributed by atoms with Crippen LogP contribution in [0.1, 0.15) is 29.6 Å². The number of nitrogens with one attached hydrogen (secondary N) is 1. The maximum atomic E-state index is 12.8. The van der Waals surface area contributed by atoms with Crippen molar-refractivity contribution in [1.29, 1.82) is 0 Å². The van der Waals surface area contributed by atoms with Crippen molar-refractivity contribution >= 4 is 11.9 Å². The number of hydrogen-bond donors (Lipinski definition) is 1. The number of ether oxygens (including phenoxy) is 2. The number of hydrogen-bond acceptors (Lipinski definition) is 6. The minimum atomic E-state index is -0.266. The van der Waals surface area contributed by atoms with Crippen molar-refractivity contribution in [1.82, 2.24) is 15.1 Å². The van der Waals surface area contributed by atoms with E-state index in [0.717, 1.165) is 52.0 Å². The minimum absolute atomic E-state index is 0.0102. The van der Waals surface area contributed by atoms with Crippen LogP contribution in [0.5, 0.6) is 5.75 Å². The number of cyclic esters (lactones) is 1. The van der Waals surface area contributed by atoms with Crippen LogP contribution in [0.2, 0.25) is 0 Å². The van der Waals surface area contributed by atoms with Gasteiger partial charge in [-0.3, -0.25) is 14.5 Å². The van der Waals surface area contributed by atoms with E-state index >= 15 is 0 Å². The van der Waals surface area contributed by atoms with Gasteiger partial charge in [0.15, 0.2) is 0 Å². The molecule has 3 saturated heterocycles. The van der Waals surface area contributed by atoms with Crippen LogP contribution >= 0.6 is 0 Å². The lowest BCUT2D eigenvalue weighted by Crippen LogP contribution is -2.50. The van der Waals surface area contributed by atoms with Gasteiger partial charge in [0.2, 0.25) is 0 Å². The van der Waals surface area contributed by atoms with E-state index in [0.29, 0.717) is 24.4 Å². The second-order valence-corrected chi connectivity index (χ2v) is 8.05. The summed E-state index contributed by atoms with van der Waals surface area (Å²) in [6.07, 6.45) is 2.56. The zero-order chi connectivity index (χ0) is 19.6. The fraction of sp³-hybridized carbons (Fsp3) is 0.619. The normalized spacial score (nSPS) is 25.0. The Morgan fingerprint density at radius 3 is 2.64 bits per heavy atom. The zero-order valence-electron chi connectivity index (χ0n) is 16.5. The van der Waals surface area contributed by atoms with Crippen LogP contribution in [0.3, 0.4) is 0 Å². The average molecular weight is 387 g/mol. The van der Waals surface area contributed by atoms with Gasteiger partial charge in [-0.25, -0.2) is 0 Å². The molecule has 3 aliphatic rings. The lowest BCUT2D eigenvalue weighted by atomic mass is 9.76. The fourth-order valence-corrected chi connectivity index (χ4v) is 4.67. The third kappa shape index (κ3) is 3.73. The predicted octanol–water partition coefficient (Wildman–Crippen LogP) is 1.14. The summed E-state index contributed by atoms with van der Waals surface area (Å²) in [5.41, 5.74) is 0.341. The van der Waals surface area contributed by atoms with Crippen LogP contribution < -0.4 is 10.1 Å². The van der Waals surface area contributed by atoms with Crippen molar-refractivity contribution in [3.8, 4) is 5.75 Å². The molecule has 7 nitrogen and oxygen atoms in total. The number of carbonyl (C=O) groups is 2. The molecule has 152 valence electrons. The molecule has 1 aromatic carbocycles. The van der Waals surface area contributed by atoms with Crippen molar-refractivity contribution in [2.75, 3.05) is 52.9 Å². The summed E-state index contributed by atoms with van der Waals surface area (Å²) in [7, 11) is 1.59. The zero-order valence-corrected chi connectivity index (χ0v) is 16.5. The summed E-state index contributed by atoms with van der Waals surface area (Å²) in [5, 5.41) is 3.33. The number of piperidine rings is 1. The van der Waals surface area contributed by atoms with E-state index in [2.05, 4.69) is 10.2 Å². The number of rotatable bonds is 4. The third-order valence-corrected chi connectivity index (χ3v) is 6.34. The molecule has 1 amide bonds. The summed E-state index contributed by atoms with van der Waals surface area (Å²) in [5.74, 6) is 0.613. The molecule has 7 heteroatoms. The highest BCUT2D eigenvalue weighted by atomic mass is 16.6. The third-order valence-electron chi connectivity index (χ3n) is 6.34. The van der Waals surface area contributed by atoms with Gasteiger partial charge in [-0.15, -0.1) is 0 Å². The molecule has 1 spiro atoms. The van der Waals surface area contributed by atoms with Crippen LogP contribution in [0.15, 0.2) is 24.3 Å². The van der Waals surface area contributed by atoms with Crippen molar-refractivity contribution in [3.63, 3.8) is 0 Å². The summed E-state index contributed by atoms with van der Waals surface area (Å²) >= 11 is 0. The van der Waals surface area contributed by atoms with Gasteiger partial charge in [-0.1, -0.05) is 12.1 Å². The number of benzene rings is 1. The first-order chi connectivity index (χ1) is 13.6. The lowest BCUT2D eigenvalue weighted by Gasteiger charge is -2.36. The summed E-state index contributed by atoms with van der Waals surface area (Å²) in [6.45, 7) is 5.49. The van der Waals surface area contributed by atoms with Gasteiger partial charge in [0.05, 0.1) is 18.1 Å². The Balaban J connectivity index is 1.30. The van der Waals surface area contributed by atoms with Gasteiger partial charge in [0, 0.05) is 39.1 Å². The van der Waals surface area contributed by atoms with Crippen LogP contribution in [0.25, 0.3) is 0 Å². The summed E-state index contributed by atoms with van der Waals surface area (Å²) in [6, 6.07) is 7.35. The smallest absolute Gasteiger partial charge is 0.312 e. The molecule has 1 atom stereocenters. The van der Waals surface area contributed by atoms with Crippen LogP contribution in [-0.2, 0) is 9.53 Å². The standard InChI is InChI=1S/C21H29N3O4/c1-27-18-5-3-2-4-17(18)19(25)24-12-10-23(11-13-24)15-16-14-21(20(26)28-16)6-8-22-9-7-21/h2-5,16,22H,6-15H2,1H3. The number of amides is 1. The Kier molecular flexibility index (Phi) is 5.55. The van der Waals surface area contributed by atoms with Gasteiger partial charge in [-0.05, 0) is 38.1 Å². The Morgan fingerprint density at radius 2 is 1.93 bits per heavy atom. The number of nitrogens with zero attached hydrogens (tertiary/aromatic N) is 2. The highest BCUT2D eigenvalue weighted by Gasteiger charge is 2.49. The van der Waals surface area contributed by atoms with Gasteiger partial charge in [0.1, 0.15) is 11.9 Å². The van der Waals surface area contributed by atoms with Crippen molar-refractivity contribution in [2.45, 2.75) is 25.4 Å². The molecule has 0 aliphatic carbocycles. The Bertz CT molecular complexity index is 724. The van der Waals surface area contributed by atoms with E-state index in [1.165, 1.54) is 0 Å². The largest absolute Gasteiger partial charge is 0.496 e. The van der Waals surface area contributed by atoms with E-state index in [1.54, 1.807) is 7.11 Å². The Morgan fingerprint density at radius 1 is 1.21 bits per heavy atom. The van der Waals surface area contributed by atoms with Crippen LogP contribution in [0.4, 0.5) is 0 Å². The SMILES string of the molecule is COc1ccccc1C(=O)N1CCN(CC2CC3(CCNCC3)C(=O)O2)CC1. The lowest BCUT2D eigenvalue weighted by molar-refractivity contribution is -0.150. The van der Waals surface area contributed by atoms with E-state index in [1.807, 2.05) is 29.2 Å². The number of methoxy groups -OCH3 is 1. The first-order valence-electron chi connectivity index (χ1n) is 10.2. The molecule has 3 fully saturated rings. The topological polar surface area (TPSA) is 71.1 Å². The van der Waals surface area contributed by atoms with Gasteiger partial charge >= 0.3 is 5.97 Å². The molecule has 0 saturated carbocycles. The molecular weight excluding hydrogens is 358 g/mol. The number of piperazine rings is 1. The summed E-state index contributed by atoms with van der Waals surface area (Å²) in [4.78, 5) is 29.4. The predicted molar refractivity (Wildman–Crippen MR) is 104 cm³/mol. The number of para-hydroxylation sites is 1. The molecule has 1 unspecified atom stereocenters. The number of esters is 1. The molecule has 0 bridgehead atoms. The quantitative estimate of drug-likeness (QED) is 0.782. The molecule has 3 aliphatic heterocycles. The monoisotopic (exact) mass is 387 g/mol. The highest BCUT2D eigenvalue weighted by molar-refractivity contribution is 5.97. The van der Waals surface area contributed by atoms with E-state index < -0.39 is 0 Å². The van der Waals surface area contributed by atoms with E-state index in [9.17, 15) is 9.59 Å². The molecule has 1 N–H and O–H groups in total. The molecule has 3 heterocycles. The van der Waals surface area contributed by atoms with Gasteiger partial charge in [-0.2, -0.15) is 0 Å². The van der Waals surface area contributed by atoms with Crippen LogP contribution in [0, 0.1) is 5.41 Å². The second kappa shape index (κ2) is 8.09. The molecular formula is C21H29N3O4. The van der Waals surface area contributed by atoms with Crippen molar-refractivity contribution in [3.05, 3.63) is 29.8 Å². The molecule has 0 radical (unpaired) electrons. The first kappa shape index (κ1) is 19.2.